The van der Waals surface area contributed by atoms with E-state index in [9.17, 15) is 0 Å². The summed E-state index contributed by atoms with van der Waals surface area (Å²) >= 11 is 0. The molecule has 0 rings (SSSR count). The first-order valence-electron chi connectivity index (χ1n) is 2.04. The van der Waals surface area contributed by atoms with Crippen molar-refractivity contribution in [3.8, 4) is 12.0 Å². The first-order chi connectivity index (χ1) is 2.56. The number of hydrogen-bond donors (Lipinski definition) is 0. The molecule has 4 heteroatoms. The van der Waals surface area contributed by atoms with Crippen molar-refractivity contribution >= 4 is 31.1 Å². The van der Waals surface area contributed by atoms with E-state index in [-0.39, 0.29) is 57.0 Å². The third-order valence-electron chi connectivity index (χ3n) is 0.433. The van der Waals surface area contributed by atoms with Crippen LogP contribution in [0.4, 0.5) is 0 Å². The normalized spacial score (nSPS) is 6.89. The van der Waals surface area contributed by atoms with E-state index in [2.05, 4.69) is 25.2 Å². The third-order valence-corrected chi connectivity index (χ3v) is 1.30. The number of rotatable bonds is 0. The molecular weight excluding hydrogens is 272 g/mol. The van der Waals surface area contributed by atoms with Crippen LogP contribution in [0.3, 0.4) is 0 Å². The van der Waals surface area contributed by atoms with Gasteiger partial charge in [-0.05, 0) is 0 Å². The van der Waals surface area contributed by atoms with Gasteiger partial charge < -0.3 is 34.0 Å². The van der Waals surface area contributed by atoms with Crippen molar-refractivity contribution in [2.75, 3.05) is 0 Å². The minimum Gasteiger partial charge on any atom is -1.00 e. The molecule has 0 atom stereocenters. The van der Waals surface area contributed by atoms with Gasteiger partial charge in [0.1, 0.15) is 8.07 Å². The summed E-state index contributed by atoms with van der Waals surface area (Å²) in [7, 11) is -1.10. The second-order valence-electron chi connectivity index (χ2n) is 2.39. The maximum atomic E-state index is 5.12. The molecule has 0 N–H and O–H groups in total. The van der Waals surface area contributed by atoms with Gasteiger partial charge in [-0.2, -0.15) is 0 Å². The Morgan fingerprint density at radius 1 is 1.11 bits per heavy atom. The molecular formula is C5H10Br2MgSi. The molecule has 0 aliphatic carbocycles. The quantitative estimate of drug-likeness (QED) is 0.309. The van der Waals surface area contributed by atoms with Crippen LogP contribution in [0, 0.1) is 12.0 Å². The van der Waals surface area contributed by atoms with Gasteiger partial charge in [-0.15, -0.1) is 12.0 Å². The molecule has 0 bridgehead atoms. The number of terminal acetylenes is 1. The molecule has 0 heterocycles. The van der Waals surface area contributed by atoms with Crippen LogP contribution < -0.4 is 34.0 Å². The van der Waals surface area contributed by atoms with Crippen LogP contribution in [0.1, 0.15) is 0 Å². The summed E-state index contributed by atoms with van der Waals surface area (Å²) in [5.74, 6) is 0. The van der Waals surface area contributed by atoms with E-state index in [1.807, 2.05) is 0 Å². The molecule has 0 saturated carbocycles. The maximum absolute atomic E-state index is 5.12. The largest absolute Gasteiger partial charge is 2.00 e. The van der Waals surface area contributed by atoms with E-state index >= 15 is 0 Å². The van der Waals surface area contributed by atoms with Crippen molar-refractivity contribution in [2.45, 2.75) is 19.6 Å². The Hall–Kier alpha value is 1.50. The zero-order chi connectivity index (χ0) is 5.21. The van der Waals surface area contributed by atoms with Gasteiger partial charge in [-0.1, -0.05) is 19.6 Å². The minimum absolute atomic E-state index is 0. The predicted octanol–water partition coefficient (Wildman–Crippen LogP) is -4.88. The van der Waals surface area contributed by atoms with E-state index in [4.69, 9.17) is 6.42 Å². The van der Waals surface area contributed by atoms with E-state index in [0.29, 0.717) is 0 Å². The van der Waals surface area contributed by atoms with Gasteiger partial charge in [0.2, 0.25) is 0 Å². The molecule has 9 heavy (non-hydrogen) atoms. The van der Waals surface area contributed by atoms with Gasteiger partial charge >= 0.3 is 23.1 Å². The minimum atomic E-state index is -1.10. The summed E-state index contributed by atoms with van der Waals surface area (Å²) < 4.78 is 0. The fourth-order valence-electron chi connectivity index (χ4n) is 0. The van der Waals surface area contributed by atoms with Crippen molar-refractivity contribution in [3.05, 3.63) is 0 Å². The molecule has 0 aromatic rings. The van der Waals surface area contributed by atoms with Gasteiger partial charge in [0.15, 0.2) is 0 Å². The predicted molar refractivity (Wildman–Crippen MR) is 37.9 cm³/mol. The van der Waals surface area contributed by atoms with Crippen LogP contribution in [0.5, 0.6) is 0 Å². The second kappa shape index (κ2) is 9.50. The van der Waals surface area contributed by atoms with Gasteiger partial charge in [0.25, 0.3) is 0 Å². The summed E-state index contributed by atoms with van der Waals surface area (Å²) in [4.78, 5) is 0. The van der Waals surface area contributed by atoms with Crippen molar-refractivity contribution in [2.24, 2.45) is 0 Å². The van der Waals surface area contributed by atoms with Gasteiger partial charge in [-0.3, -0.25) is 0 Å². The third kappa shape index (κ3) is 26.4. The molecule has 0 spiro atoms. The Labute approximate surface area is 95.9 Å². The van der Waals surface area contributed by atoms with E-state index in [0.717, 1.165) is 0 Å². The summed E-state index contributed by atoms with van der Waals surface area (Å²) in [6, 6.07) is 0. The first-order valence-corrected chi connectivity index (χ1v) is 5.54. The number of halogens is 2. The van der Waals surface area contributed by atoms with Crippen molar-refractivity contribution in [3.63, 3.8) is 0 Å². The van der Waals surface area contributed by atoms with Crippen LogP contribution in [-0.2, 0) is 0 Å². The SMILES string of the molecule is C#C[Si](C)(C)C.[Br-].[Br-].[Mg+2]. The van der Waals surface area contributed by atoms with Gasteiger partial charge in [0.05, 0.1) is 0 Å². The summed E-state index contributed by atoms with van der Waals surface area (Å²) in [6.07, 6.45) is 5.12. The average molecular weight is 282 g/mol. The monoisotopic (exact) mass is 280 g/mol. The summed E-state index contributed by atoms with van der Waals surface area (Å²) in [5, 5.41) is 0. The molecule has 0 aliphatic rings. The molecule has 0 unspecified atom stereocenters. The standard InChI is InChI=1S/C5H10Si.2BrH.Mg/c1-5-6(2,3)4;;;/h1H,2-4H3;2*1H;/q;;;+2/p-2. The van der Waals surface area contributed by atoms with Crippen molar-refractivity contribution < 1.29 is 34.0 Å². The zero-order valence-corrected chi connectivity index (χ0v) is 11.6. The van der Waals surface area contributed by atoms with Crippen molar-refractivity contribution in [1.29, 1.82) is 0 Å². The molecule has 0 nitrogen and oxygen atoms in total. The van der Waals surface area contributed by atoms with Crippen LogP contribution in [0.2, 0.25) is 19.6 Å². The second-order valence-corrected chi connectivity index (χ2v) is 7.18. The Morgan fingerprint density at radius 3 is 1.22 bits per heavy atom. The van der Waals surface area contributed by atoms with Gasteiger partial charge in [-0.25, -0.2) is 0 Å². The molecule has 0 fully saturated rings. The summed E-state index contributed by atoms with van der Waals surface area (Å²) in [5.41, 5.74) is 2.74. The Kier molecular flexibility index (Phi) is 23.7. The molecule has 0 saturated heterocycles. The fraction of sp³-hybridized carbons (Fsp3) is 0.600. The van der Waals surface area contributed by atoms with E-state index in [1.165, 1.54) is 0 Å². The molecule has 0 radical (unpaired) electrons. The molecule has 0 amide bonds. The van der Waals surface area contributed by atoms with Crippen molar-refractivity contribution in [1.82, 2.24) is 0 Å². The maximum Gasteiger partial charge on any atom is 2.00 e. The van der Waals surface area contributed by atoms with E-state index in [1.54, 1.807) is 0 Å². The summed E-state index contributed by atoms with van der Waals surface area (Å²) in [6.45, 7) is 6.44. The Balaban J connectivity index is -0.0000000417. The Bertz CT molecular complexity index is 81.9. The fourth-order valence-corrected chi connectivity index (χ4v) is 0. The van der Waals surface area contributed by atoms with Crippen LogP contribution >= 0.6 is 0 Å². The molecule has 0 aromatic carbocycles. The molecule has 0 aromatic heterocycles. The first kappa shape index (κ1) is 22.4. The van der Waals surface area contributed by atoms with Crippen LogP contribution in [-0.4, -0.2) is 31.1 Å². The average Bonchev–Trinajstić information content (AvgIpc) is 1.35. The Morgan fingerprint density at radius 2 is 1.22 bits per heavy atom. The van der Waals surface area contributed by atoms with E-state index < -0.39 is 8.07 Å². The molecule has 0 aliphatic heterocycles. The smallest absolute Gasteiger partial charge is 1.00 e. The zero-order valence-electron chi connectivity index (χ0n) is 6.04. The number of hydrogen-bond acceptors (Lipinski definition) is 0. The van der Waals surface area contributed by atoms with Crippen LogP contribution in [0.25, 0.3) is 0 Å². The molecule has 50 valence electrons. The van der Waals surface area contributed by atoms with Gasteiger partial charge in [0, 0.05) is 0 Å². The van der Waals surface area contributed by atoms with Crippen LogP contribution in [0.15, 0.2) is 0 Å². The topological polar surface area (TPSA) is 0 Å².